The first kappa shape index (κ1) is 16.5. The molecule has 0 radical (unpaired) electrons. The number of pyridine rings is 1. The van der Waals surface area contributed by atoms with Crippen LogP contribution in [0, 0.1) is 13.8 Å². The van der Waals surface area contributed by atoms with E-state index in [-0.39, 0.29) is 0 Å². The van der Waals surface area contributed by atoms with Gasteiger partial charge in [0.05, 0.1) is 5.52 Å². The number of fused-ring (bicyclic) bond motifs is 1. The summed E-state index contributed by atoms with van der Waals surface area (Å²) in [6.07, 6.45) is 3.50. The molecule has 4 aromatic rings. The van der Waals surface area contributed by atoms with Crippen LogP contribution < -0.4 is 5.32 Å². The third-order valence-electron chi connectivity index (χ3n) is 4.35. The predicted molar refractivity (Wildman–Crippen MR) is 107 cm³/mol. The van der Waals surface area contributed by atoms with E-state index in [1.165, 1.54) is 11.1 Å². The third-order valence-corrected chi connectivity index (χ3v) is 4.58. The third kappa shape index (κ3) is 3.24. The summed E-state index contributed by atoms with van der Waals surface area (Å²) in [5.74, 6) is 1.35. The summed E-state index contributed by atoms with van der Waals surface area (Å²) < 4.78 is 0. The Bertz CT molecular complexity index is 1090. The molecule has 0 saturated heterocycles. The molecule has 4 nitrogen and oxygen atoms in total. The molecule has 0 atom stereocenters. The zero-order valence-electron chi connectivity index (χ0n) is 14.5. The maximum atomic E-state index is 6.20. The standard InChI is InChI=1S/C21H17ClN4/c1-13-5-7-17(10-14(13)2)24-21-18-11-16(22)6-8-19(18)25-20(26-21)15-4-3-9-23-12-15/h3-12H,1-2H3,(H,24,25,26). The normalized spacial score (nSPS) is 10.9. The molecule has 128 valence electrons. The van der Waals surface area contributed by atoms with Crippen molar-refractivity contribution in [2.45, 2.75) is 13.8 Å². The lowest BCUT2D eigenvalue weighted by molar-refractivity contribution is 1.20. The van der Waals surface area contributed by atoms with E-state index in [1.807, 2.05) is 36.4 Å². The number of nitrogens with zero attached hydrogens (tertiary/aromatic N) is 3. The smallest absolute Gasteiger partial charge is 0.163 e. The van der Waals surface area contributed by atoms with Gasteiger partial charge in [0.2, 0.25) is 0 Å². The first-order chi connectivity index (χ1) is 12.6. The van der Waals surface area contributed by atoms with E-state index in [1.54, 1.807) is 12.4 Å². The largest absolute Gasteiger partial charge is 0.340 e. The lowest BCUT2D eigenvalue weighted by Crippen LogP contribution is -2.00. The van der Waals surface area contributed by atoms with Gasteiger partial charge in [-0.25, -0.2) is 9.97 Å². The lowest BCUT2D eigenvalue weighted by Gasteiger charge is -2.12. The Labute approximate surface area is 156 Å². The fourth-order valence-electron chi connectivity index (χ4n) is 2.78. The monoisotopic (exact) mass is 360 g/mol. The highest BCUT2D eigenvalue weighted by Crippen LogP contribution is 2.29. The number of anilines is 2. The average Bonchev–Trinajstić information content (AvgIpc) is 2.65. The van der Waals surface area contributed by atoms with Crippen LogP contribution in [0.5, 0.6) is 0 Å². The van der Waals surface area contributed by atoms with Crippen molar-refractivity contribution in [3.63, 3.8) is 0 Å². The highest BCUT2D eigenvalue weighted by molar-refractivity contribution is 6.31. The first-order valence-corrected chi connectivity index (χ1v) is 8.70. The molecule has 0 saturated carbocycles. The molecular weight excluding hydrogens is 344 g/mol. The summed E-state index contributed by atoms with van der Waals surface area (Å²) in [4.78, 5) is 13.6. The van der Waals surface area contributed by atoms with Gasteiger partial charge in [0.15, 0.2) is 5.82 Å². The minimum Gasteiger partial charge on any atom is -0.340 e. The second-order valence-corrected chi connectivity index (χ2v) is 6.66. The van der Waals surface area contributed by atoms with Crippen molar-refractivity contribution in [1.82, 2.24) is 15.0 Å². The van der Waals surface area contributed by atoms with Crippen molar-refractivity contribution in [3.8, 4) is 11.4 Å². The molecule has 5 heteroatoms. The van der Waals surface area contributed by atoms with Crippen molar-refractivity contribution in [2.75, 3.05) is 5.32 Å². The fourth-order valence-corrected chi connectivity index (χ4v) is 2.95. The van der Waals surface area contributed by atoms with Crippen molar-refractivity contribution in [2.24, 2.45) is 0 Å². The van der Waals surface area contributed by atoms with Crippen LogP contribution in [-0.2, 0) is 0 Å². The predicted octanol–water partition coefficient (Wildman–Crippen LogP) is 5.71. The maximum Gasteiger partial charge on any atom is 0.163 e. The van der Waals surface area contributed by atoms with E-state index in [0.29, 0.717) is 10.8 Å². The van der Waals surface area contributed by atoms with Gasteiger partial charge in [0.1, 0.15) is 5.82 Å². The molecule has 4 rings (SSSR count). The molecular formula is C21H17ClN4. The van der Waals surface area contributed by atoms with Crippen molar-refractivity contribution < 1.29 is 0 Å². The van der Waals surface area contributed by atoms with Gasteiger partial charge in [-0.05, 0) is 67.4 Å². The van der Waals surface area contributed by atoms with E-state index in [0.717, 1.165) is 28.0 Å². The van der Waals surface area contributed by atoms with Gasteiger partial charge < -0.3 is 5.32 Å². The van der Waals surface area contributed by atoms with Crippen LogP contribution >= 0.6 is 11.6 Å². The van der Waals surface area contributed by atoms with Gasteiger partial charge in [0.25, 0.3) is 0 Å². The summed E-state index contributed by atoms with van der Waals surface area (Å²) in [7, 11) is 0. The molecule has 0 aliphatic heterocycles. The Morgan fingerprint density at radius 1 is 0.923 bits per heavy atom. The van der Waals surface area contributed by atoms with Gasteiger partial charge >= 0.3 is 0 Å². The van der Waals surface area contributed by atoms with E-state index >= 15 is 0 Å². The van der Waals surface area contributed by atoms with Crippen LogP contribution in [0.3, 0.4) is 0 Å². The number of rotatable bonds is 3. The Hall–Kier alpha value is -2.98. The van der Waals surface area contributed by atoms with Crippen LogP contribution in [0.25, 0.3) is 22.3 Å². The van der Waals surface area contributed by atoms with E-state index in [9.17, 15) is 0 Å². The Morgan fingerprint density at radius 3 is 2.58 bits per heavy atom. The molecule has 0 spiro atoms. The quantitative estimate of drug-likeness (QED) is 0.508. The molecule has 2 heterocycles. The zero-order valence-corrected chi connectivity index (χ0v) is 15.2. The van der Waals surface area contributed by atoms with Crippen molar-refractivity contribution >= 4 is 34.0 Å². The number of halogens is 1. The number of hydrogen-bond donors (Lipinski definition) is 1. The van der Waals surface area contributed by atoms with Crippen LogP contribution in [0.1, 0.15) is 11.1 Å². The van der Waals surface area contributed by atoms with Crippen LogP contribution in [-0.4, -0.2) is 15.0 Å². The van der Waals surface area contributed by atoms with Gasteiger partial charge in [-0.1, -0.05) is 17.7 Å². The van der Waals surface area contributed by atoms with E-state index in [2.05, 4.69) is 41.3 Å². The molecule has 0 unspecified atom stereocenters. The zero-order chi connectivity index (χ0) is 18.1. The molecule has 0 fully saturated rings. The minimum atomic E-state index is 0.624. The number of aryl methyl sites for hydroxylation is 2. The summed E-state index contributed by atoms with van der Waals surface area (Å²) >= 11 is 6.20. The minimum absolute atomic E-state index is 0.624. The highest BCUT2D eigenvalue weighted by atomic mass is 35.5. The maximum absolute atomic E-state index is 6.20. The van der Waals surface area contributed by atoms with Crippen molar-refractivity contribution in [3.05, 3.63) is 77.1 Å². The highest BCUT2D eigenvalue weighted by Gasteiger charge is 2.11. The SMILES string of the molecule is Cc1ccc(Nc2nc(-c3cccnc3)nc3ccc(Cl)cc23)cc1C. The van der Waals surface area contributed by atoms with Crippen LogP contribution in [0.4, 0.5) is 11.5 Å². The summed E-state index contributed by atoms with van der Waals surface area (Å²) in [5.41, 5.74) is 5.15. The number of nitrogens with one attached hydrogen (secondary N) is 1. The molecule has 1 N–H and O–H groups in total. The van der Waals surface area contributed by atoms with Gasteiger partial charge in [-0.2, -0.15) is 0 Å². The molecule has 26 heavy (non-hydrogen) atoms. The Morgan fingerprint density at radius 2 is 1.81 bits per heavy atom. The Balaban J connectivity index is 1.87. The van der Waals surface area contributed by atoms with Crippen molar-refractivity contribution in [1.29, 1.82) is 0 Å². The van der Waals surface area contributed by atoms with E-state index in [4.69, 9.17) is 16.6 Å². The molecule has 2 aromatic heterocycles. The number of benzene rings is 2. The van der Waals surface area contributed by atoms with Crippen LogP contribution in [0.2, 0.25) is 5.02 Å². The fraction of sp³-hybridized carbons (Fsp3) is 0.0952. The summed E-state index contributed by atoms with van der Waals surface area (Å²) in [6.45, 7) is 4.19. The summed E-state index contributed by atoms with van der Waals surface area (Å²) in [5, 5.41) is 4.95. The average molecular weight is 361 g/mol. The molecule has 0 aliphatic rings. The number of hydrogen-bond acceptors (Lipinski definition) is 4. The number of aromatic nitrogens is 3. The molecule has 0 bridgehead atoms. The van der Waals surface area contributed by atoms with Gasteiger partial charge in [0, 0.05) is 34.1 Å². The molecule has 0 aliphatic carbocycles. The second kappa shape index (κ2) is 6.73. The topological polar surface area (TPSA) is 50.7 Å². The van der Waals surface area contributed by atoms with Gasteiger partial charge in [-0.15, -0.1) is 0 Å². The van der Waals surface area contributed by atoms with Crippen LogP contribution in [0.15, 0.2) is 60.9 Å². The first-order valence-electron chi connectivity index (χ1n) is 8.32. The van der Waals surface area contributed by atoms with Gasteiger partial charge in [-0.3, -0.25) is 4.98 Å². The molecule has 2 aromatic carbocycles. The molecule has 0 amide bonds. The van der Waals surface area contributed by atoms with E-state index < -0.39 is 0 Å². The Kier molecular flexibility index (Phi) is 4.27. The second-order valence-electron chi connectivity index (χ2n) is 6.22. The lowest BCUT2D eigenvalue weighted by atomic mass is 10.1. The summed E-state index contributed by atoms with van der Waals surface area (Å²) in [6, 6.07) is 15.7.